The highest BCUT2D eigenvalue weighted by molar-refractivity contribution is 7.89. The summed E-state index contributed by atoms with van der Waals surface area (Å²) >= 11 is 6.12. The van der Waals surface area contributed by atoms with Crippen LogP contribution in [0.25, 0.3) is 0 Å². The van der Waals surface area contributed by atoms with Crippen molar-refractivity contribution in [3.8, 4) is 0 Å². The SMILES string of the molecule is O=C(NCCCn1ccnc1)c1cc(S(=O)(=O)NCCCN2CCCC2=O)ccc1Cl. The third-order valence-electron chi connectivity index (χ3n) is 5.00. The van der Waals surface area contributed by atoms with E-state index in [1.54, 1.807) is 17.4 Å². The van der Waals surface area contributed by atoms with E-state index in [-0.39, 0.29) is 27.9 Å². The molecule has 2 amide bonds. The first-order chi connectivity index (χ1) is 14.9. The normalized spacial score (nSPS) is 14.2. The third kappa shape index (κ3) is 6.52. The van der Waals surface area contributed by atoms with E-state index in [0.717, 1.165) is 13.0 Å². The number of nitrogens with one attached hydrogen (secondary N) is 2. The molecule has 31 heavy (non-hydrogen) atoms. The lowest BCUT2D eigenvalue weighted by Gasteiger charge is -2.15. The van der Waals surface area contributed by atoms with E-state index >= 15 is 0 Å². The number of aromatic nitrogens is 2. The Labute approximate surface area is 186 Å². The molecule has 0 radical (unpaired) electrons. The number of nitrogens with zero attached hydrogens (tertiary/aromatic N) is 3. The zero-order valence-electron chi connectivity index (χ0n) is 17.1. The van der Waals surface area contributed by atoms with Gasteiger partial charge in [0.25, 0.3) is 5.91 Å². The molecule has 1 fully saturated rings. The van der Waals surface area contributed by atoms with Crippen LogP contribution in [0.2, 0.25) is 5.02 Å². The van der Waals surface area contributed by atoms with Gasteiger partial charge in [-0.25, -0.2) is 18.1 Å². The van der Waals surface area contributed by atoms with E-state index in [2.05, 4.69) is 15.0 Å². The molecular formula is C20H26ClN5O4S. The highest BCUT2D eigenvalue weighted by Crippen LogP contribution is 2.20. The molecule has 0 unspecified atom stereocenters. The first kappa shape index (κ1) is 23.2. The van der Waals surface area contributed by atoms with E-state index in [1.807, 2.05) is 10.8 Å². The minimum atomic E-state index is -3.80. The van der Waals surface area contributed by atoms with Gasteiger partial charge in [-0.1, -0.05) is 11.6 Å². The average molecular weight is 468 g/mol. The van der Waals surface area contributed by atoms with Crippen molar-refractivity contribution in [2.45, 2.75) is 37.1 Å². The fourth-order valence-electron chi connectivity index (χ4n) is 3.32. The summed E-state index contributed by atoms with van der Waals surface area (Å²) in [7, 11) is -3.80. The van der Waals surface area contributed by atoms with Crippen molar-refractivity contribution >= 4 is 33.4 Å². The van der Waals surface area contributed by atoms with E-state index in [4.69, 9.17) is 11.6 Å². The Balaban J connectivity index is 1.51. The molecule has 11 heteroatoms. The van der Waals surface area contributed by atoms with Crippen molar-refractivity contribution in [2.24, 2.45) is 0 Å². The molecule has 9 nitrogen and oxygen atoms in total. The van der Waals surface area contributed by atoms with Crippen LogP contribution in [0, 0.1) is 0 Å². The Kier molecular flexibility index (Phi) is 8.05. The smallest absolute Gasteiger partial charge is 0.252 e. The molecule has 3 rings (SSSR count). The molecule has 1 saturated heterocycles. The number of halogens is 1. The number of aryl methyl sites for hydroxylation is 1. The van der Waals surface area contributed by atoms with Crippen LogP contribution in [-0.2, 0) is 21.4 Å². The largest absolute Gasteiger partial charge is 0.352 e. The Morgan fingerprint density at radius 2 is 2.00 bits per heavy atom. The molecule has 2 aromatic rings. The molecule has 1 aliphatic heterocycles. The lowest BCUT2D eigenvalue weighted by Crippen LogP contribution is -2.31. The van der Waals surface area contributed by atoms with Gasteiger partial charge in [0.2, 0.25) is 15.9 Å². The van der Waals surface area contributed by atoms with Crippen molar-refractivity contribution in [3.63, 3.8) is 0 Å². The molecule has 0 aliphatic carbocycles. The molecule has 168 valence electrons. The van der Waals surface area contributed by atoms with Gasteiger partial charge < -0.3 is 14.8 Å². The summed E-state index contributed by atoms with van der Waals surface area (Å²) in [5.74, 6) is -0.318. The molecule has 1 aromatic heterocycles. The van der Waals surface area contributed by atoms with Crippen LogP contribution in [-0.4, -0.2) is 60.9 Å². The van der Waals surface area contributed by atoms with Gasteiger partial charge in [0.05, 0.1) is 21.8 Å². The van der Waals surface area contributed by atoms with Crippen LogP contribution in [0.15, 0.2) is 41.8 Å². The van der Waals surface area contributed by atoms with E-state index in [0.29, 0.717) is 38.9 Å². The predicted molar refractivity (Wildman–Crippen MR) is 116 cm³/mol. The lowest BCUT2D eigenvalue weighted by molar-refractivity contribution is -0.127. The molecule has 0 spiro atoms. The average Bonchev–Trinajstić information content (AvgIpc) is 3.40. The molecule has 1 aliphatic rings. The monoisotopic (exact) mass is 467 g/mol. The standard InChI is InChI=1S/C20H26ClN5O4S/c21-18-6-5-16(31(29,30)24-8-3-12-26-11-1-4-19(26)27)14-17(18)20(28)23-7-2-10-25-13-9-22-15-25/h5-6,9,13-15,24H,1-4,7-8,10-12H2,(H,23,28). The van der Waals surface area contributed by atoms with Gasteiger partial charge in [-0.2, -0.15) is 0 Å². The van der Waals surface area contributed by atoms with E-state index in [9.17, 15) is 18.0 Å². The van der Waals surface area contributed by atoms with Crippen LogP contribution in [0.1, 0.15) is 36.0 Å². The number of carbonyl (C=O) groups is 2. The second kappa shape index (κ2) is 10.7. The summed E-state index contributed by atoms with van der Waals surface area (Å²) in [6.45, 7) is 2.57. The van der Waals surface area contributed by atoms with Gasteiger partial charge >= 0.3 is 0 Å². The van der Waals surface area contributed by atoms with Crippen LogP contribution in [0.5, 0.6) is 0 Å². The van der Waals surface area contributed by atoms with Gasteiger partial charge in [-0.05, 0) is 37.5 Å². The maximum atomic E-state index is 12.6. The quantitative estimate of drug-likeness (QED) is 0.488. The van der Waals surface area contributed by atoms with Crippen molar-refractivity contribution in [3.05, 3.63) is 47.5 Å². The molecule has 2 N–H and O–H groups in total. The fraction of sp³-hybridized carbons (Fsp3) is 0.450. The van der Waals surface area contributed by atoms with Gasteiger partial charge in [0, 0.05) is 51.5 Å². The number of carbonyl (C=O) groups excluding carboxylic acids is 2. The minimum absolute atomic E-state index is 0.0299. The van der Waals surface area contributed by atoms with Gasteiger partial charge in [-0.15, -0.1) is 0 Å². The summed E-state index contributed by atoms with van der Waals surface area (Å²) in [6.07, 6.45) is 7.84. The molecule has 0 bridgehead atoms. The third-order valence-corrected chi connectivity index (χ3v) is 6.79. The highest BCUT2D eigenvalue weighted by Gasteiger charge is 2.21. The Morgan fingerprint density at radius 1 is 1.19 bits per heavy atom. The van der Waals surface area contributed by atoms with Gasteiger partial charge in [0.1, 0.15) is 0 Å². The fourth-order valence-corrected chi connectivity index (χ4v) is 4.63. The number of hydrogen-bond acceptors (Lipinski definition) is 5. The van der Waals surface area contributed by atoms with Crippen LogP contribution >= 0.6 is 11.6 Å². The number of rotatable bonds is 11. The number of hydrogen-bond donors (Lipinski definition) is 2. The van der Waals surface area contributed by atoms with E-state index in [1.165, 1.54) is 18.2 Å². The molecule has 1 aromatic carbocycles. The summed E-state index contributed by atoms with van der Waals surface area (Å²) in [4.78, 5) is 29.8. The topological polar surface area (TPSA) is 113 Å². The van der Waals surface area contributed by atoms with Crippen molar-refractivity contribution < 1.29 is 18.0 Å². The van der Waals surface area contributed by atoms with Crippen molar-refractivity contribution in [2.75, 3.05) is 26.2 Å². The van der Waals surface area contributed by atoms with Gasteiger partial charge in [0.15, 0.2) is 0 Å². The molecule has 0 atom stereocenters. The highest BCUT2D eigenvalue weighted by atomic mass is 35.5. The molecular weight excluding hydrogens is 442 g/mol. The summed E-state index contributed by atoms with van der Waals surface area (Å²) in [5.41, 5.74) is 0.106. The minimum Gasteiger partial charge on any atom is -0.352 e. The number of sulfonamides is 1. The first-order valence-electron chi connectivity index (χ1n) is 10.2. The Bertz CT molecular complexity index is 1010. The van der Waals surface area contributed by atoms with Crippen LogP contribution < -0.4 is 10.0 Å². The number of likely N-dealkylation sites (tertiary alicyclic amines) is 1. The maximum absolute atomic E-state index is 12.6. The van der Waals surface area contributed by atoms with Crippen LogP contribution in [0.3, 0.4) is 0 Å². The summed E-state index contributed by atoms with van der Waals surface area (Å²) < 4.78 is 29.6. The van der Waals surface area contributed by atoms with Crippen molar-refractivity contribution in [1.82, 2.24) is 24.5 Å². The lowest BCUT2D eigenvalue weighted by atomic mass is 10.2. The maximum Gasteiger partial charge on any atom is 0.252 e. The van der Waals surface area contributed by atoms with E-state index < -0.39 is 15.9 Å². The van der Waals surface area contributed by atoms with Crippen LogP contribution in [0.4, 0.5) is 0 Å². The molecule has 0 saturated carbocycles. The number of benzene rings is 1. The zero-order valence-corrected chi connectivity index (χ0v) is 18.7. The molecule has 2 heterocycles. The Hall–Kier alpha value is -2.43. The second-order valence-electron chi connectivity index (χ2n) is 7.29. The Morgan fingerprint density at radius 3 is 2.71 bits per heavy atom. The van der Waals surface area contributed by atoms with Gasteiger partial charge in [-0.3, -0.25) is 9.59 Å². The second-order valence-corrected chi connectivity index (χ2v) is 9.46. The first-order valence-corrected chi connectivity index (χ1v) is 12.0. The number of amides is 2. The predicted octanol–water partition coefficient (Wildman–Crippen LogP) is 1.65. The van der Waals surface area contributed by atoms with Crippen molar-refractivity contribution in [1.29, 1.82) is 0 Å². The summed E-state index contributed by atoms with van der Waals surface area (Å²) in [6, 6.07) is 4.05. The number of imidazole rings is 1. The zero-order chi connectivity index (χ0) is 22.3. The summed E-state index contributed by atoms with van der Waals surface area (Å²) in [5, 5.41) is 2.94.